The van der Waals surface area contributed by atoms with Crippen molar-refractivity contribution in [2.75, 3.05) is 25.0 Å². The van der Waals surface area contributed by atoms with E-state index in [1.165, 1.54) is 15.4 Å². The number of carbonyl (C=O) groups excluding carboxylic acids is 1. The molecule has 0 spiro atoms. The van der Waals surface area contributed by atoms with Gasteiger partial charge in [-0.2, -0.15) is 0 Å². The molecule has 0 unspecified atom stereocenters. The van der Waals surface area contributed by atoms with Gasteiger partial charge in [0.05, 0.1) is 17.1 Å². The number of aryl methyl sites for hydroxylation is 1. The number of hydrogen-bond donors (Lipinski definition) is 2. The first kappa shape index (κ1) is 19.3. The van der Waals surface area contributed by atoms with Gasteiger partial charge in [0.25, 0.3) is 11.5 Å². The largest absolute Gasteiger partial charge is 0.395 e. The van der Waals surface area contributed by atoms with Crippen molar-refractivity contribution in [2.45, 2.75) is 6.92 Å². The van der Waals surface area contributed by atoms with Crippen LogP contribution in [0.25, 0.3) is 11.7 Å². The van der Waals surface area contributed by atoms with Crippen LogP contribution in [0.1, 0.15) is 11.1 Å². The van der Waals surface area contributed by atoms with Gasteiger partial charge >= 0.3 is 0 Å². The first-order valence-corrected chi connectivity index (χ1v) is 9.43. The van der Waals surface area contributed by atoms with Crippen LogP contribution in [0.3, 0.4) is 0 Å². The minimum Gasteiger partial charge on any atom is -0.395 e. The van der Waals surface area contributed by atoms with Crippen molar-refractivity contribution in [2.24, 2.45) is 0 Å². The van der Waals surface area contributed by atoms with Crippen molar-refractivity contribution in [3.63, 3.8) is 0 Å². The molecule has 2 N–H and O–H groups in total. The molecule has 1 aliphatic heterocycles. The van der Waals surface area contributed by atoms with E-state index in [9.17, 15) is 9.59 Å². The highest BCUT2D eigenvalue weighted by Crippen LogP contribution is 2.32. The lowest BCUT2D eigenvalue weighted by atomic mass is 10.2. The molecule has 0 radical (unpaired) electrons. The second-order valence-corrected chi connectivity index (χ2v) is 7.47. The summed E-state index contributed by atoms with van der Waals surface area (Å²) in [5.74, 6) is 0.0455. The summed E-state index contributed by atoms with van der Waals surface area (Å²) in [6.07, 6.45) is 4.73. The molecule has 1 aliphatic rings. The maximum absolute atomic E-state index is 13.0. The number of thioether (sulfide) groups is 1. The molecule has 3 heterocycles. The summed E-state index contributed by atoms with van der Waals surface area (Å²) in [5, 5.41) is 12.1. The lowest BCUT2D eigenvalue weighted by molar-refractivity contribution is -0.121. The lowest BCUT2D eigenvalue weighted by Gasteiger charge is -2.12. The van der Waals surface area contributed by atoms with Crippen LogP contribution in [-0.4, -0.2) is 49.3 Å². The zero-order valence-electron chi connectivity index (χ0n) is 14.6. The zero-order chi connectivity index (χ0) is 19.6. The fourth-order valence-electron chi connectivity index (χ4n) is 2.67. The summed E-state index contributed by atoms with van der Waals surface area (Å²) in [6, 6.07) is 3.62. The van der Waals surface area contributed by atoms with Crippen molar-refractivity contribution in [3.8, 4) is 0 Å². The molecule has 7 nitrogen and oxygen atoms in total. The average Bonchev–Trinajstić information content (AvgIpc) is 2.91. The van der Waals surface area contributed by atoms with Gasteiger partial charge in [-0.1, -0.05) is 36.1 Å². The lowest BCUT2D eigenvalue weighted by Crippen LogP contribution is -2.28. The van der Waals surface area contributed by atoms with E-state index in [4.69, 9.17) is 17.3 Å². The first-order chi connectivity index (χ1) is 13.0. The molecule has 27 heavy (non-hydrogen) atoms. The molecule has 3 rings (SSSR count). The van der Waals surface area contributed by atoms with E-state index in [0.717, 1.165) is 17.3 Å². The second-order valence-electron chi connectivity index (χ2n) is 5.80. The number of rotatable bonds is 6. The van der Waals surface area contributed by atoms with Crippen molar-refractivity contribution in [1.82, 2.24) is 14.3 Å². The molecule has 1 saturated heterocycles. The highest BCUT2D eigenvalue weighted by molar-refractivity contribution is 8.26. The van der Waals surface area contributed by atoms with Gasteiger partial charge < -0.3 is 10.4 Å². The molecule has 0 aliphatic carbocycles. The standard InChI is InChI=1S/C18H18N4O3S2/c1-3-7-22-17(25)13(27-18(22)26)10-12-14(19-6-9-23)20-15-11(2)5-4-8-21(15)16(12)24/h3-5,8,10,19,23H,1,6-7,9H2,2H3. The predicted molar refractivity (Wildman–Crippen MR) is 112 cm³/mol. The van der Waals surface area contributed by atoms with Crippen LogP contribution in [0.15, 0.2) is 40.7 Å². The molecule has 0 bridgehead atoms. The molecule has 140 valence electrons. The van der Waals surface area contributed by atoms with E-state index in [2.05, 4.69) is 16.9 Å². The van der Waals surface area contributed by atoms with Gasteiger partial charge in [0.1, 0.15) is 15.8 Å². The van der Waals surface area contributed by atoms with Gasteiger partial charge in [-0.25, -0.2) is 4.98 Å². The fourth-order valence-corrected chi connectivity index (χ4v) is 3.93. The van der Waals surface area contributed by atoms with Crippen LogP contribution in [0.5, 0.6) is 0 Å². The van der Waals surface area contributed by atoms with E-state index < -0.39 is 0 Å². The molecule has 2 aromatic heterocycles. The Balaban J connectivity index is 2.17. The number of nitrogens with zero attached hydrogens (tertiary/aromatic N) is 3. The summed E-state index contributed by atoms with van der Waals surface area (Å²) in [4.78, 5) is 31.9. The number of fused-ring (bicyclic) bond motifs is 1. The van der Waals surface area contributed by atoms with Crippen molar-refractivity contribution in [3.05, 3.63) is 57.4 Å². The predicted octanol–water partition coefficient (Wildman–Crippen LogP) is 1.79. The Morgan fingerprint density at radius 3 is 2.93 bits per heavy atom. The number of carbonyl (C=O) groups is 1. The number of nitrogens with one attached hydrogen (secondary N) is 1. The SMILES string of the molecule is C=CCN1C(=O)C(=Cc2c(NCCO)nc3c(C)cccn3c2=O)SC1=S. The molecule has 2 aromatic rings. The van der Waals surface area contributed by atoms with Gasteiger partial charge in [0, 0.05) is 19.3 Å². The number of aliphatic hydroxyl groups is 1. The molecular weight excluding hydrogens is 384 g/mol. The molecule has 9 heteroatoms. The first-order valence-electron chi connectivity index (χ1n) is 8.21. The van der Waals surface area contributed by atoms with Crippen LogP contribution in [-0.2, 0) is 4.79 Å². The Hall–Kier alpha value is -2.49. The molecule has 1 fully saturated rings. The fraction of sp³-hybridized carbons (Fsp3) is 0.222. The number of anilines is 1. The summed E-state index contributed by atoms with van der Waals surface area (Å²) in [7, 11) is 0. The maximum Gasteiger partial charge on any atom is 0.267 e. The highest BCUT2D eigenvalue weighted by atomic mass is 32.2. The second kappa shape index (κ2) is 8.03. The summed E-state index contributed by atoms with van der Waals surface area (Å²) >= 11 is 6.37. The molecule has 0 atom stereocenters. The number of aliphatic hydroxyl groups excluding tert-OH is 1. The quantitative estimate of drug-likeness (QED) is 0.433. The van der Waals surface area contributed by atoms with Crippen LogP contribution in [0, 0.1) is 6.92 Å². The molecule has 0 saturated carbocycles. The van der Waals surface area contributed by atoms with Crippen molar-refractivity contribution in [1.29, 1.82) is 0 Å². The third-order valence-corrected chi connectivity index (χ3v) is 5.33. The Morgan fingerprint density at radius 2 is 2.22 bits per heavy atom. The average molecular weight is 403 g/mol. The normalized spacial score (nSPS) is 15.8. The van der Waals surface area contributed by atoms with Crippen molar-refractivity contribution >= 4 is 51.7 Å². The smallest absolute Gasteiger partial charge is 0.267 e. The zero-order valence-corrected chi connectivity index (χ0v) is 16.3. The van der Waals surface area contributed by atoms with Gasteiger partial charge in [-0.3, -0.25) is 18.9 Å². The Labute approximate surface area is 165 Å². The minimum absolute atomic E-state index is 0.115. The summed E-state index contributed by atoms with van der Waals surface area (Å²) < 4.78 is 1.86. The summed E-state index contributed by atoms with van der Waals surface area (Å²) in [6.45, 7) is 5.91. The number of hydrogen-bond acceptors (Lipinski definition) is 7. The van der Waals surface area contributed by atoms with E-state index >= 15 is 0 Å². The third kappa shape index (κ3) is 3.66. The number of pyridine rings is 1. The third-order valence-electron chi connectivity index (χ3n) is 3.95. The van der Waals surface area contributed by atoms with Crippen molar-refractivity contribution < 1.29 is 9.90 Å². The van der Waals surface area contributed by atoms with Gasteiger partial charge in [-0.05, 0) is 24.6 Å². The van der Waals surface area contributed by atoms with Crippen LogP contribution < -0.4 is 10.9 Å². The van der Waals surface area contributed by atoms with E-state index in [-0.39, 0.29) is 30.2 Å². The van der Waals surface area contributed by atoms with Gasteiger partial charge in [0.2, 0.25) is 0 Å². The van der Waals surface area contributed by atoms with Gasteiger partial charge in [0.15, 0.2) is 0 Å². The summed E-state index contributed by atoms with van der Waals surface area (Å²) in [5.41, 5.74) is 1.29. The highest BCUT2D eigenvalue weighted by Gasteiger charge is 2.31. The maximum atomic E-state index is 13.0. The van der Waals surface area contributed by atoms with E-state index in [0.29, 0.717) is 27.2 Å². The van der Waals surface area contributed by atoms with Gasteiger partial charge in [-0.15, -0.1) is 6.58 Å². The minimum atomic E-state index is -0.307. The topological polar surface area (TPSA) is 86.9 Å². The molecule has 1 amide bonds. The van der Waals surface area contributed by atoms with E-state index in [1.807, 2.05) is 13.0 Å². The monoisotopic (exact) mass is 402 g/mol. The number of thiocarbonyl (C=S) groups is 1. The molecular formula is C18H18N4O3S2. The van der Waals surface area contributed by atoms with E-state index in [1.54, 1.807) is 18.3 Å². The number of amides is 1. The Kier molecular flexibility index (Phi) is 5.73. The van der Waals surface area contributed by atoms with Crippen LogP contribution in [0.4, 0.5) is 5.82 Å². The molecule has 0 aromatic carbocycles. The Bertz CT molecular complexity index is 1030. The number of aromatic nitrogens is 2. The Morgan fingerprint density at radius 1 is 1.44 bits per heavy atom. The van der Waals surface area contributed by atoms with Crippen LogP contribution >= 0.6 is 24.0 Å². The van der Waals surface area contributed by atoms with Crippen LogP contribution in [0.2, 0.25) is 0 Å².